The molecule has 2 aromatic rings. The van der Waals surface area contributed by atoms with Gasteiger partial charge in [-0.15, -0.1) is 16.4 Å². The quantitative estimate of drug-likeness (QED) is 0.863. The fraction of sp³-hybridized carbons (Fsp3) is 0.538. The van der Waals surface area contributed by atoms with Gasteiger partial charge in [0.25, 0.3) is 0 Å². The summed E-state index contributed by atoms with van der Waals surface area (Å²) in [5.74, 6) is 0.645. The molecular weight excluding hydrogens is 262 g/mol. The molecule has 0 aliphatic carbocycles. The zero-order valence-corrected chi connectivity index (χ0v) is 11.9. The van der Waals surface area contributed by atoms with E-state index < -0.39 is 0 Å². The maximum absolute atomic E-state index is 5.64. The van der Waals surface area contributed by atoms with E-state index in [1.54, 1.807) is 16.0 Å². The first-order chi connectivity index (χ1) is 9.22. The largest absolute Gasteiger partial charge is 0.470 e. The van der Waals surface area contributed by atoms with Crippen LogP contribution in [0.15, 0.2) is 11.4 Å². The summed E-state index contributed by atoms with van der Waals surface area (Å²) < 4.78 is 13.1. The summed E-state index contributed by atoms with van der Waals surface area (Å²) in [5, 5.41) is 7.35. The molecule has 2 aromatic heterocycles. The molecule has 3 rings (SSSR count). The van der Waals surface area contributed by atoms with Gasteiger partial charge in [0.15, 0.2) is 0 Å². The number of aryl methyl sites for hydroxylation is 2. The van der Waals surface area contributed by atoms with Crippen molar-refractivity contribution in [1.82, 2.24) is 14.8 Å². The standard InChI is InChI=1S/C13H17N3O2S/c1-9-6-12(15-16(9)2)18-7-10-8-19-13(14-10)11-4-3-5-17-11/h6,8,11H,3-5,7H2,1-2H3/t11-/m0/s1. The maximum atomic E-state index is 5.64. The van der Waals surface area contributed by atoms with E-state index in [1.807, 2.05) is 25.4 Å². The Morgan fingerprint density at radius 2 is 2.47 bits per heavy atom. The lowest BCUT2D eigenvalue weighted by Gasteiger charge is -2.03. The minimum atomic E-state index is 0.191. The Morgan fingerprint density at radius 3 is 3.16 bits per heavy atom. The third kappa shape index (κ3) is 2.79. The molecule has 3 heterocycles. The van der Waals surface area contributed by atoms with Crippen LogP contribution in [0.2, 0.25) is 0 Å². The van der Waals surface area contributed by atoms with E-state index in [0.717, 1.165) is 35.8 Å². The molecule has 1 fully saturated rings. The van der Waals surface area contributed by atoms with Crippen molar-refractivity contribution in [2.75, 3.05) is 6.61 Å². The molecule has 0 spiro atoms. The van der Waals surface area contributed by atoms with Crippen LogP contribution in [0, 0.1) is 6.92 Å². The zero-order chi connectivity index (χ0) is 13.2. The summed E-state index contributed by atoms with van der Waals surface area (Å²) in [4.78, 5) is 4.57. The van der Waals surface area contributed by atoms with Gasteiger partial charge in [0, 0.05) is 30.8 Å². The third-order valence-electron chi connectivity index (χ3n) is 3.23. The van der Waals surface area contributed by atoms with Gasteiger partial charge >= 0.3 is 0 Å². The molecule has 1 aliphatic heterocycles. The second-order valence-electron chi connectivity index (χ2n) is 4.71. The lowest BCUT2D eigenvalue weighted by atomic mass is 10.2. The van der Waals surface area contributed by atoms with Gasteiger partial charge in [-0.05, 0) is 19.8 Å². The summed E-state index contributed by atoms with van der Waals surface area (Å²) >= 11 is 1.65. The number of rotatable bonds is 4. The van der Waals surface area contributed by atoms with Crippen molar-refractivity contribution in [3.05, 3.63) is 27.8 Å². The van der Waals surface area contributed by atoms with E-state index >= 15 is 0 Å². The van der Waals surface area contributed by atoms with E-state index in [1.165, 1.54) is 0 Å². The molecule has 0 radical (unpaired) electrons. The molecule has 1 aliphatic rings. The monoisotopic (exact) mass is 279 g/mol. The predicted molar refractivity (Wildman–Crippen MR) is 72.3 cm³/mol. The fourth-order valence-corrected chi connectivity index (χ4v) is 2.94. The molecule has 0 N–H and O–H groups in total. The van der Waals surface area contributed by atoms with Gasteiger partial charge in [0.1, 0.15) is 17.7 Å². The van der Waals surface area contributed by atoms with Gasteiger partial charge < -0.3 is 9.47 Å². The number of aromatic nitrogens is 3. The van der Waals surface area contributed by atoms with E-state index in [0.29, 0.717) is 12.5 Å². The highest BCUT2D eigenvalue weighted by molar-refractivity contribution is 7.09. The van der Waals surface area contributed by atoms with Crippen LogP contribution in [0.1, 0.15) is 35.3 Å². The second-order valence-corrected chi connectivity index (χ2v) is 5.60. The maximum Gasteiger partial charge on any atom is 0.233 e. The van der Waals surface area contributed by atoms with Crippen molar-refractivity contribution in [2.45, 2.75) is 32.5 Å². The van der Waals surface area contributed by atoms with Crippen molar-refractivity contribution < 1.29 is 9.47 Å². The Labute approximate surface area is 116 Å². The number of thiazole rings is 1. The highest BCUT2D eigenvalue weighted by Gasteiger charge is 2.20. The molecule has 102 valence electrons. The average molecular weight is 279 g/mol. The molecule has 19 heavy (non-hydrogen) atoms. The normalized spacial score (nSPS) is 18.9. The Hall–Kier alpha value is -1.40. The van der Waals surface area contributed by atoms with Gasteiger partial charge in [-0.2, -0.15) is 0 Å². The van der Waals surface area contributed by atoms with Gasteiger partial charge in [-0.1, -0.05) is 0 Å². The van der Waals surface area contributed by atoms with Crippen molar-refractivity contribution in [3.8, 4) is 5.88 Å². The van der Waals surface area contributed by atoms with E-state index in [2.05, 4.69) is 10.1 Å². The molecule has 0 saturated carbocycles. The number of ether oxygens (including phenoxy) is 2. The lowest BCUT2D eigenvalue weighted by molar-refractivity contribution is 0.111. The average Bonchev–Trinajstić information content (AvgIpc) is 3.09. The topological polar surface area (TPSA) is 49.2 Å². The number of hydrogen-bond donors (Lipinski definition) is 0. The van der Waals surface area contributed by atoms with Crippen LogP contribution in [-0.2, 0) is 18.4 Å². The van der Waals surface area contributed by atoms with Gasteiger partial charge in [0.05, 0.1) is 5.69 Å². The van der Waals surface area contributed by atoms with Crippen LogP contribution in [-0.4, -0.2) is 21.4 Å². The van der Waals surface area contributed by atoms with E-state index in [4.69, 9.17) is 9.47 Å². The number of hydrogen-bond acceptors (Lipinski definition) is 5. The van der Waals surface area contributed by atoms with E-state index in [9.17, 15) is 0 Å². The second kappa shape index (κ2) is 5.30. The molecule has 6 heteroatoms. The molecule has 0 aromatic carbocycles. The molecule has 0 amide bonds. The third-order valence-corrected chi connectivity index (χ3v) is 4.22. The van der Waals surface area contributed by atoms with Crippen molar-refractivity contribution >= 4 is 11.3 Å². The Morgan fingerprint density at radius 1 is 1.58 bits per heavy atom. The molecule has 0 unspecified atom stereocenters. The van der Waals surface area contributed by atoms with Gasteiger partial charge in [-0.25, -0.2) is 4.98 Å². The smallest absolute Gasteiger partial charge is 0.233 e. The first-order valence-corrected chi connectivity index (χ1v) is 7.29. The van der Waals surface area contributed by atoms with Crippen LogP contribution >= 0.6 is 11.3 Å². The minimum absolute atomic E-state index is 0.191. The Bertz CT molecular complexity index is 538. The van der Waals surface area contributed by atoms with Crippen molar-refractivity contribution in [1.29, 1.82) is 0 Å². The first kappa shape index (κ1) is 12.6. The van der Waals surface area contributed by atoms with Crippen LogP contribution in [0.3, 0.4) is 0 Å². The summed E-state index contributed by atoms with van der Waals surface area (Å²) in [6.45, 7) is 3.31. The summed E-state index contributed by atoms with van der Waals surface area (Å²) in [6.07, 6.45) is 2.40. The summed E-state index contributed by atoms with van der Waals surface area (Å²) in [5.41, 5.74) is 2.02. The predicted octanol–water partition coefficient (Wildman–Crippen LogP) is 2.62. The SMILES string of the molecule is Cc1cc(OCc2csc([C@@H]3CCCO3)n2)nn1C. The molecule has 1 atom stereocenters. The minimum Gasteiger partial charge on any atom is -0.470 e. The van der Waals surface area contributed by atoms with Crippen molar-refractivity contribution in [2.24, 2.45) is 7.05 Å². The zero-order valence-electron chi connectivity index (χ0n) is 11.1. The molecular formula is C13H17N3O2S. The van der Waals surface area contributed by atoms with E-state index in [-0.39, 0.29) is 6.10 Å². The fourth-order valence-electron chi connectivity index (χ4n) is 2.06. The highest BCUT2D eigenvalue weighted by atomic mass is 32.1. The summed E-state index contributed by atoms with van der Waals surface area (Å²) in [7, 11) is 1.90. The van der Waals surface area contributed by atoms with Crippen LogP contribution in [0.5, 0.6) is 5.88 Å². The molecule has 1 saturated heterocycles. The van der Waals surface area contributed by atoms with Gasteiger partial charge in [-0.3, -0.25) is 4.68 Å². The first-order valence-electron chi connectivity index (χ1n) is 6.42. The highest BCUT2D eigenvalue weighted by Crippen LogP contribution is 2.30. The van der Waals surface area contributed by atoms with Crippen LogP contribution in [0.4, 0.5) is 0 Å². The lowest BCUT2D eigenvalue weighted by Crippen LogP contribution is -1.99. The van der Waals surface area contributed by atoms with Crippen LogP contribution < -0.4 is 4.74 Å². The molecule has 5 nitrogen and oxygen atoms in total. The summed E-state index contributed by atoms with van der Waals surface area (Å²) in [6, 6.07) is 1.92. The number of nitrogens with zero attached hydrogens (tertiary/aromatic N) is 3. The Balaban J connectivity index is 1.60. The van der Waals surface area contributed by atoms with Crippen molar-refractivity contribution in [3.63, 3.8) is 0 Å². The van der Waals surface area contributed by atoms with Gasteiger partial charge in [0.2, 0.25) is 5.88 Å². The van der Waals surface area contributed by atoms with Crippen LogP contribution in [0.25, 0.3) is 0 Å². The molecule has 0 bridgehead atoms. The Kier molecular flexibility index (Phi) is 3.52.